The summed E-state index contributed by atoms with van der Waals surface area (Å²) in [7, 11) is 0. The van der Waals surface area contributed by atoms with Gasteiger partial charge in [0.15, 0.2) is 0 Å². The number of aliphatic hydroxyl groups is 1. The van der Waals surface area contributed by atoms with Crippen LogP contribution in [0.4, 0.5) is 0 Å². The standard InChI is InChI=1S/C16H21NO3/c1-11(12(18)19)3-14-4-13(2)5-15(7-14,10-17)9-16(20,6-13)8-14/h3,20H,4-9H2,1-2H3,(H,18,19). The van der Waals surface area contributed by atoms with E-state index in [0.717, 1.165) is 19.3 Å². The number of allylic oxidation sites excluding steroid dienone is 1. The van der Waals surface area contributed by atoms with E-state index in [1.165, 1.54) is 0 Å². The van der Waals surface area contributed by atoms with Crippen molar-refractivity contribution < 1.29 is 15.0 Å². The minimum atomic E-state index is -0.913. The molecule has 0 spiro atoms. The monoisotopic (exact) mass is 275 g/mol. The number of hydrogen-bond acceptors (Lipinski definition) is 3. The molecule has 0 aromatic carbocycles. The van der Waals surface area contributed by atoms with Crippen LogP contribution in [0.15, 0.2) is 11.6 Å². The van der Waals surface area contributed by atoms with Crippen LogP contribution in [0.3, 0.4) is 0 Å². The summed E-state index contributed by atoms with van der Waals surface area (Å²) in [5, 5.41) is 29.6. The van der Waals surface area contributed by atoms with Crippen LogP contribution in [-0.2, 0) is 4.79 Å². The Kier molecular flexibility index (Phi) is 2.49. The molecule has 4 aliphatic carbocycles. The van der Waals surface area contributed by atoms with Gasteiger partial charge in [-0.25, -0.2) is 4.79 Å². The molecule has 20 heavy (non-hydrogen) atoms. The van der Waals surface area contributed by atoms with E-state index in [0.29, 0.717) is 24.8 Å². The fourth-order valence-corrected chi connectivity index (χ4v) is 5.96. The number of carbonyl (C=O) groups is 1. The van der Waals surface area contributed by atoms with Gasteiger partial charge < -0.3 is 10.2 Å². The average molecular weight is 275 g/mol. The number of hydrogen-bond donors (Lipinski definition) is 2. The molecule has 2 N–H and O–H groups in total. The molecule has 0 aliphatic heterocycles. The lowest BCUT2D eigenvalue weighted by Crippen LogP contribution is -2.62. The van der Waals surface area contributed by atoms with E-state index in [4.69, 9.17) is 5.11 Å². The Balaban J connectivity index is 2.08. The zero-order valence-electron chi connectivity index (χ0n) is 12.1. The lowest BCUT2D eigenvalue weighted by molar-refractivity contribution is -0.200. The van der Waals surface area contributed by atoms with Gasteiger partial charge in [0.2, 0.25) is 0 Å². The minimum absolute atomic E-state index is 0.0471. The summed E-state index contributed by atoms with van der Waals surface area (Å²) >= 11 is 0. The van der Waals surface area contributed by atoms with Crippen LogP contribution in [0.5, 0.6) is 0 Å². The fraction of sp³-hybridized carbons (Fsp3) is 0.750. The normalized spacial score (nSPS) is 50.0. The molecule has 0 aromatic rings. The number of nitrogens with zero attached hydrogens (tertiary/aromatic N) is 1. The number of rotatable bonds is 2. The SMILES string of the molecule is CC(=CC12CC3(C)CC(O)(CC(C#N)(C3)C1)C2)C(=O)O. The van der Waals surface area contributed by atoms with Gasteiger partial charge in [0.05, 0.1) is 17.1 Å². The van der Waals surface area contributed by atoms with E-state index >= 15 is 0 Å². The summed E-state index contributed by atoms with van der Waals surface area (Å²) in [4.78, 5) is 11.1. The Bertz CT molecular complexity index is 539. The van der Waals surface area contributed by atoms with Crippen LogP contribution in [-0.4, -0.2) is 21.8 Å². The largest absolute Gasteiger partial charge is 0.478 e. The van der Waals surface area contributed by atoms with Crippen LogP contribution >= 0.6 is 0 Å². The highest BCUT2D eigenvalue weighted by atomic mass is 16.4. The molecule has 4 bridgehead atoms. The minimum Gasteiger partial charge on any atom is -0.478 e. The van der Waals surface area contributed by atoms with Crippen molar-refractivity contribution in [1.82, 2.24) is 0 Å². The van der Waals surface area contributed by atoms with Crippen molar-refractivity contribution >= 4 is 5.97 Å². The third kappa shape index (κ3) is 1.88. The molecule has 4 aliphatic rings. The first-order valence-electron chi connectivity index (χ1n) is 7.19. The third-order valence-corrected chi connectivity index (χ3v) is 5.44. The molecule has 0 heterocycles. The van der Waals surface area contributed by atoms with Gasteiger partial charge >= 0.3 is 5.97 Å². The molecule has 0 radical (unpaired) electrons. The molecule has 4 fully saturated rings. The van der Waals surface area contributed by atoms with Gasteiger partial charge in [0.25, 0.3) is 0 Å². The van der Waals surface area contributed by atoms with Crippen LogP contribution in [0, 0.1) is 27.6 Å². The predicted octanol–water partition coefficient (Wildman–Crippen LogP) is 2.63. The number of aliphatic carboxylic acids is 1. The van der Waals surface area contributed by atoms with Crippen molar-refractivity contribution in [3.05, 3.63) is 11.6 Å². The van der Waals surface area contributed by atoms with E-state index < -0.39 is 17.0 Å². The highest BCUT2D eigenvalue weighted by molar-refractivity contribution is 5.86. The quantitative estimate of drug-likeness (QED) is 0.759. The summed E-state index contributed by atoms with van der Waals surface area (Å²) in [5.41, 5.74) is -1.32. The lowest BCUT2D eigenvalue weighted by Gasteiger charge is -2.66. The van der Waals surface area contributed by atoms with Crippen LogP contribution in [0.2, 0.25) is 0 Å². The molecule has 4 heteroatoms. The van der Waals surface area contributed by atoms with Crippen molar-refractivity contribution in [2.45, 2.75) is 58.0 Å². The maximum atomic E-state index is 11.1. The van der Waals surface area contributed by atoms with Crippen LogP contribution in [0.1, 0.15) is 52.4 Å². The number of nitriles is 1. The second-order valence-corrected chi connectivity index (χ2v) is 7.98. The van der Waals surface area contributed by atoms with Crippen molar-refractivity contribution in [2.24, 2.45) is 16.2 Å². The van der Waals surface area contributed by atoms with E-state index in [2.05, 4.69) is 13.0 Å². The predicted molar refractivity (Wildman–Crippen MR) is 72.6 cm³/mol. The zero-order chi connectivity index (χ0) is 14.8. The Morgan fingerprint density at radius 3 is 2.45 bits per heavy atom. The van der Waals surface area contributed by atoms with E-state index in [1.807, 2.05) is 6.08 Å². The van der Waals surface area contributed by atoms with Crippen molar-refractivity contribution in [1.29, 1.82) is 5.26 Å². The van der Waals surface area contributed by atoms with Gasteiger partial charge in [0.1, 0.15) is 0 Å². The molecule has 4 atom stereocenters. The van der Waals surface area contributed by atoms with E-state index in [-0.39, 0.29) is 10.8 Å². The molecule has 0 saturated heterocycles. The van der Waals surface area contributed by atoms with Crippen LogP contribution < -0.4 is 0 Å². The van der Waals surface area contributed by atoms with E-state index in [9.17, 15) is 15.2 Å². The fourth-order valence-electron chi connectivity index (χ4n) is 5.96. The molecule has 4 unspecified atom stereocenters. The summed E-state index contributed by atoms with van der Waals surface area (Å²) in [6.07, 6.45) is 6.13. The summed E-state index contributed by atoms with van der Waals surface area (Å²) in [6.45, 7) is 3.74. The molecular formula is C16H21NO3. The second-order valence-electron chi connectivity index (χ2n) is 7.98. The molecule has 4 saturated carbocycles. The lowest BCUT2D eigenvalue weighted by atomic mass is 9.39. The van der Waals surface area contributed by atoms with Crippen molar-refractivity contribution in [2.75, 3.05) is 0 Å². The highest BCUT2D eigenvalue weighted by Gasteiger charge is 2.66. The summed E-state index contributed by atoms with van der Waals surface area (Å²) < 4.78 is 0. The van der Waals surface area contributed by atoms with Crippen LogP contribution in [0.25, 0.3) is 0 Å². The van der Waals surface area contributed by atoms with Gasteiger partial charge in [-0.3, -0.25) is 0 Å². The van der Waals surface area contributed by atoms with Gasteiger partial charge in [-0.15, -0.1) is 0 Å². The average Bonchev–Trinajstić information content (AvgIpc) is 2.23. The zero-order valence-corrected chi connectivity index (χ0v) is 12.1. The van der Waals surface area contributed by atoms with Gasteiger partial charge in [-0.2, -0.15) is 5.26 Å². The van der Waals surface area contributed by atoms with Gasteiger partial charge in [0, 0.05) is 5.57 Å². The number of carboxylic acids is 1. The molecule has 4 nitrogen and oxygen atoms in total. The van der Waals surface area contributed by atoms with Gasteiger partial charge in [-0.1, -0.05) is 13.0 Å². The van der Waals surface area contributed by atoms with Gasteiger partial charge in [-0.05, 0) is 56.3 Å². The maximum absolute atomic E-state index is 11.1. The molecule has 0 amide bonds. The maximum Gasteiger partial charge on any atom is 0.330 e. The Hall–Kier alpha value is -1.34. The second kappa shape index (κ2) is 3.65. The first kappa shape index (κ1) is 13.6. The first-order chi connectivity index (χ1) is 9.13. The Morgan fingerprint density at radius 2 is 1.90 bits per heavy atom. The van der Waals surface area contributed by atoms with Crippen molar-refractivity contribution in [3.63, 3.8) is 0 Å². The van der Waals surface area contributed by atoms with Crippen molar-refractivity contribution in [3.8, 4) is 6.07 Å². The first-order valence-corrected chi connectivity index (χ1v) is 7.19. The third-order valence-electron chi connectivity index (χ3n) is 5.44. The summed E-state index contributed by atoms with van der Waals surface area (Å²) in [5.74, 6) is -0.913. The number of carboxylic acid groups (broad SMARTS) is 1. The smallest absolute Gasteiger partial charge is 0.330 e. The highest BCUT2D eigenvalue weighted by Crippen LogP contribution is 2.71. The molecule has 108 valence electrons. The molecular weight excluding hydrogens is 254 g/mol. The van der Waals surface area contributed by atoms with E-state index in [1.54, 1.807) is 6.92 Å². The summed E-state index contributed by atoms with van der Waals surface area (Å²) in [6, 6.07) is 2.45. The Labute approximate surface area is 119 Å². The topological polar surface area (TPSA) is 81.3 Å². The molecule has 4 rings (SSSR count). The Morgan fingerprint density at radius 1 is 1.20 bits per heavy atom. The molecule has 0 aromatic heterocycles.